The second-order valence-corrected chi connectivity index (χ2v) is 8.52. The molecule has 4 aromatic carbocycles. The Kier molecular flexibility index (Phi) is 4.99. The Labute approximate surface area is 197 Å². The lowest BCUT2D eigenvalue weighted by atomic mass is 9.89. The molecule has 2 aliphatic rings. The molecule has 0 saturated heterocycles. The summed E-state index contributed by atoms with van der Waals surface area (Å²) < 4.78 is 29.5. The van der Waals surface area contributed by atoms with Gasteiger partial charge in [-0.2, -0.15) is 0 Å². The number of para-hydroxylation sites is 3. The second kappa shape index (κ2) is 8.31. The molecule has 166 valence electrons. The van der Waals surface area contributed by atoms with Crippen molar-refractivity contribution >= 4 is 33.9 Å². The highest BCUT2D eigenvalue weighted by Gasteiger charge is 2.27. The molecule has 4 heteroatoms. The molecule has 0 fully saturated rings. The molecule has 6 rings (SSSR count). The molecule has 1 heterocycles. The van der Waals surface area contributed by atoms with E-state index >= 15 is 0 Å². The summed E-state index contributed by atoms with van der Waals surface area (Å²) in [6, 6.07) is 29.4. The second-order valence-electron chi connectivity index (χ2n) is 8.52. The highest BCUT2D eigenvalue weighted by atomic mass is 19.1. The fraction of sp³-hybridized carbons (Fsp3) is 0.0667. The van der Waals surface area contributed by atoms with Gasteiger partial charge in [-0.05, 0) is 71.7 Å². The molecule has 0 amide bonds. The first-order chi connectivity index (χ1) is 16.7. The van der Waals surface area contributed by atoms with Gasteiger partial charge in [-0.25, -0.2) is 8.78 Å². The molecular weight excluding hydrogens is 426 g/mol. The van der Waals surface area contributed by atoms with E-state index < -0.39 is 11.6 Å². The maximum Gasteiger partial charge on any atom is 0.147 e. The first-order valence-electron chi connectivity index (χ1n) is 11.4. The minimum Gasteiger partial charge on any atom is -0.377 e. The van der Waals surface area contributed by atoms with Gasteiger partial charge >= 0.3 is 0 Å². The van der Waals surface area contributed by atoms with Crippen molar-refractivity contribution < 1.29 is 8.78 Å². The average molecular weight is 449 g/mol. The first kappa shape index (κ1) is 20.4. The van der Waals surface area contributed by atoms with Crippen molar-refractivity contribution in [1.29, 1.82) is 0 Å². The molecule has 0 aromatic heterocycles. The zero-order valence-corrected chi connectivity index (χ0v) is 18.4. The molecule has 1 atom stereocenters. The molecule has 0 saturated carbocycles. The van der Waals surface area contributed by atoms with Gasteiger partial charge in [-0.15, -0.1) is 0 Å². The van der Waals surface area contributed by atoms with E-state index in [9.17, 15) is 8.78 Å². The number of allylic oxidation sites excluding steroid dienone is 2. The smallest absolute Gasteiger partial charge is 0.147 e. The van der Waals surface area contributed by atoms with Gasteiger partial charge in [0.25, 0.3) is 0 Å². The summed E-state index contributed by atoms with van der Waals surface area (Å²) in [6.07, 6.45) is 5.40. The molecule has 0 spiro atoms. The van der Waals surface area contributed by atoms with Gasteiger partial charge in [0.15, 0.2) is 0 Å². The van der Waals surface area contributed by atoms with Crippen LogP contribution in [0.3, 0.4) is 0 Å². The Morgan fingerprint density at radius 1 is 0.706 bits per heavy atom. The van der Waals surface area contributed by atoms with Crippen LogP contribution in [-0.2, 0) is 0 Å². The van der Waals surface area contributed by atoms with Crippen LogP contribution < -0.4 is 10.2 Å². The molecule has 1 N–H and O–H groups in total. The lowest BCUT2D eigenvalue weighted by Crippen LogP contribution is -2.15. The zero-order valence-electron chi connectivity index (χ0n) is 18.4. The van der Waals surface area contributed by atoms with Crippen LogP contribution in [0.2, 0.25) is 0 Å². The van der Waals surface area contributed by atoms with Gasteiger partial charge in [-0.1, -0.05) is 60.7 Å². The van der Waals surface area contributed by atoms with E-state index in [1.54, 1.807) is 41.3 Å². The number of benzene rings is 4. The largest absolute Gasteiger partial charge is 0.377 e. The molecule has 1 aliphatic carbocycles. The van der Waals surface area contributed by atoms with Gasteiger partial charge in [0.05, 0.1) is 17.4 Å². The third kappa shape index (κ3) is 3.48. The molecule has 0 bridgehead atoms. The summed E-state index contributed by atoms with van der Waals surface area (Å²) in [6.45, 7) is 0. The molecule has 4 aromatic rings. The minimum atomic E-state index is -0.409. The van der Waals surface area contributed by atoms with Crippen molar-refractivity contribution in [2.75, 3.05) is 10.2 Å². The van der Waals surface area contributed by atoms with Gasteiger partial charge in [-0.3, -0.25) is 0 Å². The predicted octanol–water partition coefficient (Wildman–Crippen LogP) is 8.10. The summed E-state index contributed by atoms with van der Waals surface area (Å²) in [5.74, 6) is -0.819. The topological polar surface area (TPSA) is 15.3 Å². The van der Waals surface area contributed by atoms with Crippen molar-refractivity contribution in [2.24, 2.45) is 0 Å². The summed E-state index contributed by atoms with van der Waals surface area (Å²) in [4.78, 5) is 1.62. The van der Waals surface area contributed by atoms with Crippen molar-refractivity contribution in [3.63, 3.8) is 0 Å². The molecule has 1 unspecified atom stereocenters. The van der Waals surface area contributed by atoms with Gasteiger partial charge in [0.1, 0.15) is 11.6 Å². The number of hydrogen-bond donors (Lipinski definition) is 1. The van der Waals surface area contributed by atoms with Crippen LogP contribution in [0.15, 0.2) is 109 Å². The highest BCUT2D eigenvalue weighted by Crippen LogP contribution is 2.42. The highest BCUT2D eigenvalue weighted by molar-refractivity contribution is 5.95. The molecular formula is C30H22F2N2. The Hall–Kier alpha value is -4.18. The van der Waals surface area contributed by atoms with Crippen LogP contribution in [-0.4, -0.2) is 6.04 Å². The summed E-state index contributed by atoms with van der Waals surface area (Å²) in [5.41, 5.74) is 7.24. The number of rotatable bonds is 4. The van der Waals surface area contributed by atoms with E-state index in [0.717, 1.165) is 17.6 Å². The monoisotopic (exact) mass is 448 g/mol. The van der Waals surface area contributed by atoms with Crippen molar-refractivity contribution in [1.82, 2.24) is 0 Å². The summed E-state index contributed by atoms with van der Waals surface area (Å²) in [5, 5.41) is 3.59. The van der Waals surface area contributed by atoms with E-state index in [0.29, 0.717) is 23.1 Å². The van der Waals surface area contributed by atoms with E-state index in [1.807, 2.05) is 30.3 Å². The van der Waals surface area contributed by atoms with Gasteiger partial charge < -0.3 is 10.2 Å². The van der Waals surface area contributed by atoms with Gasteiger partial charge in [0.2, 0.25) is 0 Å². The molecule has 0 radical (unpaired) electrons. The van der Waals surface area contributed by atoms with Crippen molar-refractivity contribution in [2.45, 2.75) is 12.5 Å². The Bertz CT molecular complexity index is 1390. The molecule has 34 heavy (non-hydrogen) atoms. The minimum absolute atomic E-state index is 0.302. The predicted molar refractivity (Wildman–Crippen MR) is 135 cm³/mol. The number of hydrogen-bond acceptors (Lipinski definition) is 2. The fourth-order valence-corrected chi connectivity index (χ4v) is 4.83. The number of nitrogens with one attached hydrogen (secondary N) is 1. The first-order valence-corrected chi connectivity index (χ1v) is 11.4. The molecule has 1 aliphatic heterocycles. The maximum absolute atomic E-state index is 14.8. The standard InChI is InChI=1S/C30H22F2N2/c31-25-8-2-5-11-29(25)34(30-12-6-3-9-26(30)32)22-16-13-20(14-17-22)21-15-18-28-24(19-21)23-7-1-4-10-27(23)33-28/h1-17,19,28,33H,18H2. The number of anilines is 4. The van der Waals surface area contributed by atoms with E-state index in [1.165, 1.54) is 29.0 Å². The average Bonchev–Trinajstić information content (AvgIpc) is 3.25. The number of halogens is 2. The Morgan fingerprint density at radius 2 is 1.32 bits per heavy atom. The van der Waals surface area contributed by atoms with E-state index in [-0.39, 0.29) is 0 Å². The van der Waals surface area contributed by atoms with E-state index in [2.05, 4.69) is 35.7 Å². The van der Waals surface area contributed by atoms with Crippen molar-refractivity contribution in [3.8, 4) is 0 Å². The number of fused-ring (bicyclic) bond motifs is 3. The normalized spacial score (nSPS) is 16.1. The maximum atomic E-state index is 14.8. The van der Waals surface area contributed by atoms with Crippen LogP contribution in [0.1, 0.15) is 17.5 Å². The van der Waals surface area contributed by atoms with E-state index in [4.69, 9.17) is 0 Å². The third-order valence-electron chi connectivity index (χ3n) is 6.47. The van der Waals surface area contributed by atoms with Crippen LogP contribution in [0.25, 0.3) is 11.1 Å². The Balaban J connectivity index is 1.38. The lowest BCUT2D eigenvalue weighted by Gasteiger charge is -2.26. The van der Waals surface area contributed by atoms with Gasteiger partial charge in [0, 0.05) is 16.9 Å². The fourth-order valence-electron chi connectivity index (χ4n) is 4.83. The third-order valence-corrected chi connectivity index (χ3v) is 6.47. The Morgan fingerprint density at radius 3 is 2.00 bits per heavy atom. The zero-order chi connectivity index (χ0) is 23.1. The lowest BCUT2D eigenvalue weighted by molar-refractivity contribution is 0.619. The van der Waals surface area contributed by atoms with Crippen LogP contribution in [0.5, 0.6) is 0 Å². The van der Waals surface area contributed by atoms with Crippen LogP contribution >= 0.6 is 0 Å². The molecule has 2 nitrogen and oxygen atoms in total. The summed E-state index contributed by atoms with van der Waals surface area (Å²) in [7, 11) is 0. The quantitative estimate of drug-likeness (QED) is 0.339. The summed E-state index contributed by atoms with van der Waals surface area (Å²) >= 11 is 0. The SMILES string of the molecule is Fc1ccccc1N(c1ccc(C2=CCC3Nc4ccccc4C3=C2)cc1)c1ccccc1F. The van der Waals surface area contributed by atoms with Crippen LogP contribution in [0.4, 0.5) is 31.5 Å². The van der Waals surface area contributed by atoms with Crippen LogP contribution in [0, 0.1) is 11.6 Å². The van der Waals surface area contributed by atoms with Crippen molar-refractivity contribution in [3.05, 3.63) is 132 Å². The number of nitrogens with zero attached hydrogens (tertiary/aromatic N) is 1.